The van der Waals surface area contributed by atoms with E-state index in [1.807, 2.05) is 0 Å². The molecule has 0 bridgehead atoms. The zero-order valence-electron chi connectivity index (χ0n) is 29.6. The van der Waals surface area contributed by atoms with E-state index in [2.05, 4.69) is 107 Å². The van der Waals surface area contributed by atoms with Gasteiger partial charge >= 0.3 is 0 Å². The van der Waals surface area contributed by atoms with Crippen molar-refractivity contribution in [3.8, 4) is 0 Å². The molecule has 3 unspecified atom stereocenters. The summed E-state index contributed by atoms with van der Waals surface area (Å²) in [5, 5.41) is 12.5. The minimum absolute atomic E-state index is 0.106. The van der Waals surface area contributed by atoms with Crippen LogP contribution in [0, 0.1) is 28.6 Å². The lowest BCUT2D eigenvalue weighted by atomic mass is 9.47. The molecule has 238 valence electrons. The molecule has 0 aromatic heterocycles. The molecule has 0 amide bonds. The molecule has 0 aromatic rings. The van der Waals surface area contributed by atoms with E-state index < -0.39 is 30.7 Å². The van der Waals surface area contributed by atoms with E-state index in [4.69, 9.17) is 13.3 Å². The lowest BCUT2D eigenvalue weighted by Gasteiger charge is -2.61. The molecule has 0 aliphatic heterocycles. The maximum Gasteiger partial charge on any atom is 0.192 e. The van der Waals surface area contributed by atoms with Crippen molar-refractivity contribution in [3.63, 3.8) is 0 Å². The van der Waals surface area contributed by atoms with Gasteiger partial charge in [-0.3, -0.25) is 0 Å². The van der Waals surface area contributed by atoms with Crippen molar-refractivity contribution in [3.05, 3.63) is 11.6 Å². The van der Waals surface area contributed by atoms with Crippen LogP contribution in [0.15, 0.2) is 11.6 Å². The van der Waals surface area contributed by atoms with Crippen LogP contribution in [0.4, 0.5) is 0 Å². The molecule has 0 aromatic carbocycles. The van der Waals surface area contributed by atoms with E-state index >= 15 is 0 Å². The molecule has 0 radical (unpaired) electrons. The normalized spacial score (nSPS) is 40.5. The second-order valence-electron chi connectivity index (χ2n) is 19.0. The fourth-order valence-electron chi connectivity index (χ4n) is 8.56. The van der Waals surface area contributed by atoms with Crippen molar-refractivity contribution in [2.75, 3.05) is 0 Å². The van der Waals surface area contributed by atoms with Crippen LogP contribution in [0.2, 0.25) is 55.9 Å². The smallest absolute Gasteiger partial charge is 0.192 e. The van der Waals surface area contributed by atoms with Crippen molar-refractivity contribution in [1.82, 2.24) is 0 Å². The van der Waals surface area contributed by atoms with Crippen LogP contribution in [-0.2, 0) is 13.3 Å². The number of hydrogen-bond donors (Lipinski definition) is 1. The van der Waals surface area contributed by atoms with Crippen LogP contribution < -0.4 is 0 Å². The van der Waals surface area contributed by atoms with Crippen LogP contribution in [0.25, 0.3) is 0 Å². The molecular weight excluding hydrogens is 557 g/mol. The van der Waals surface area contributed by atoms with E-state index in [-0.39, 0.29) is 27.0 Å². The number of fused-ring (bicyclic) bond motifs is 5. The summed E-state index contributed by atoms with van der Waals surface area (Å²) in [6.45, 7) is 35.4. The largest absolute Gasteiger partial charge is 0.414 e. The third kappa shape index (κ3) is 5.97. The Morgan fingerprint density at radius 1 is 0.756 bits per heavy atom. The summed E-state index contributed by atoms with van der Waals surface area (Å²) in [7, 11) is -5.79. The second kappa shape index (κ2) is 10.4. The summed E-state index contributed by atoms with van der Waals surface area (Å²) in [6.07, 6.45) is 10.4. The van der Waals surface area contributed by atoms with E-state index in [0.717, 1.165) is 38.5 Å². The highest BCUT2D eigenvalue weighted by molar-refractivity contribution is 6.74. The first-order chi connectivity index (χ1) is 18.3. The Balaban J connectivity index is 1.74. The Hall–Kier alpha value is 0.231. The zero-order chi connectivity index (χ0) is 31.2. The van der Waals surface area contributed by atoms with Crippen molar-refractivity contribution < 1.29 is 18.4 Å². The van der Waals surface area contributed by atoms with Gasteiger partial charge in [0.1, 0.15) is 0 Å². The molecule has 3 saturated carbocycles. The first kappa shape index (κ1) is 34.1. The van der Waals surface area contributed by atoms with Gasteiger partial charge in [-0.1, -0.05) is 67.0 Å². The van der Waals surface area contributed by atoms with Crippen molar-refractivity contribution in [2.24, 2.45) is 28.6 Å². The predicted molar refractivity (Wildman–Crippen MR) is 181 cm³/mol. The van der Waals surface area contributed by atoms with Crippen molar-refractivity contribution in [2.45, 2.75) is 174 Å². The third-order valence-corrected chi connectivity index (χ3v) is 23.1. The van der Waals surface area contributed by atoms with Crippen LogP contribution in [0.1, 0.15) is 100 Å². The third-order valence-electron chi connectivity index (χ3n) is 13.1. The van der Waals surface area contributed by atoms with Gasteiger partial charge in [0.2, 0.25) is 0 Å². The van der Waals surface area contributed by atoms with Crippen LogP contribution in [0.5, 0.6) is 0 Å². The molecule has 4 aliphatic rings. The number of aliphatic hydroxyl groups is 1. The van der Waals surface area contributed by atoms with Gasteiger partial charge in [-0.2, -0.15) is 0 Å². The maximum atomic E-state index is 12.2. The lowest BCUT2D eigenvalue weighted by Crippen LogP contribution is -2.61. The zero-order valence-corrected chi connectivity index (χ0v) is 32.6. The summed E-state index contributed by atoms with van der Waals surface area (Å²) < 4.78 is 21.2. The lowest BCUT2D eigenvalue weighted by molar-refractivity contribution is -0.238. The molecule has 41 heavy (non-hydrogen) atoms. The van der Waals surface area contributed by atoms with E-state index in [9.17, 15) is 5.11 Å². The fourth-order valence-corrected chi connectivity index (χ4v) is 12.6. The summed E-state index contributed by atoms with van der Waals surface area (Å²) in [5.41, 5.74) is 1.56. The van der Waals surface area contributed by atoms with Gasteiger partial charge < -0.3 is 18.4 Å². The molecule has 1 N–H and O–H groups in total. The summed E-state index contributed by atoms with van der Waals surface area (Å²) >= 11 is 0. The highest BCUT2D eigenvalue weighted by atomic mass is 28.4. The quantitative estimate of drug-likeness (QED) is 0.182. The molecule has 8 atom stereocenters. The molecule has 0 saturated heterocycles. The molecule has 7 heteroatoms. The van der Waals surface area contributed by atoms with Crippen molar-refractivity contribution in [1.29, 1.82) is 0 Å². The van der Waals surface area contributed by atoms with Gasteiger partial charge in [0, 0.05) is 17.9 Å². The monoisotopic (exact) mass is 622 g/mol. The Morgan fingerprint density at radius 3 is 1.83 bits per heavy atom. The average molecular weight is 623 g/mol. The second-order valence-corrected chi connectivity index (χ2v) is 32.9. The first-order valence-corrected chi connectivity index (χ1v) is 26.0. The Morgan fingerprint density at radius 2 is 1.29 bits per heavy atom. The highest BCUT2D eigenvalue weighted by Crippen LogP contribution is 2.68. The summed E-state index contributed by atoms with van der Waals surface area (Å²) in [5.74, 6) is 0.397. The molecule has 4 nitrogen and oxygen atoms in total. The van der Waals surface area contributed by atoms with Gasteiger partial charge in [0.15, 0.2) is 30.7 Å². The van der Waals surface area contributed by atoms with E-state index in [1.165, 1.54) is 6.42 Å². The standard InChI is InChI=1S/C34H66O4Si3/c1-30(2,3)40(12,13)36-25-16-19-32(7)24(22-25)23-28(37-41(14,15)31(4,5)6)29-26(32)17-20-33(8)27(29)18-21-34(33,35)38-39(9,10)11/h23,25-29,35H,16-22H2,1-15H3/t25-,26?,27?,28-,29?,32-,33-,34-/m0/s1. The van der Waals surface area contributed by atoms with Gasteiger partial charge in [0.05, 0.1) is 6.10 Å². The van der Waals surface area contributed by atoms with Gasteiger partial charge in [-0.25, -0.2) is 0 Å². The average Bonchev–Trinajstić information content (AvgIpc) is 3.01. The van der Waals surface area contributed by atoms with Gasteiger partial charge in [0.25, 0.3) is 0 Å². The van der Waals surface area contributed by atoms with Gasteiger partial charge in [-0.15, -0.1) is 0 Å². The minimum Gasteiger partial charge on any atom is -0.414 e. The minimum atomic E-state index is -2.03. The highest BCUT2D eigenvalue weighted by Gasteiger charge is 2.67. The van der Waals surface area contributed by atoms with E-state index in [0.29, 0.717) is 23.9 Å². The fraction of sp³-hybridized carbons (Fsp3) is 0.941. The Kier molecular flexibility index (Phi) is 8.64. The van der Waals surface area contributed by atoms with Crippen molar-refractivity contribution >= 4 is 25.0 Å². The van der Waals surface area contributed by atoms with E-state index in [1.54, 1.807) is 5.57 Å². The van der Waals surface area contributed by atoms with Crippen LogP contribution in [-0.4, -0.2) is 48.1 Å². The summed E-state index contributed by atoms with van der Waals surface area (Å²) in [4.78, 5) is 0. The maximum absolute atomic E-state index is 12.2. The first-order valence-electron chi connectivity index (χ1n) is 16.8. The Labute approximate surface area is 257 Å². The predicted octanol–water partition coefficient (Wildman–Crippen LogP) is 9.88. The molecule has 4 rings (SSSR count). The topological polar surface area (TPSA) is 47.9 Å². The van der Waals surface area contributed by atoms with Crippen LogP contribution in [0.3, 0.4) is 0 Å². The van der Waals surface area contributed by atoms with Crippen LogP contribution >= 0.6 is 0 Å². The molecule has 0 heterocycles. The number of hydrogen-bond acceptors (Lipinski definition) is 4. The summed E-state index contributed by atoms with van der Waals surface area (Å²) in [6, 6.07) is 0. The SMILES string of the molecule is CC(C)(C)[Si](C)(C)O[C@H]1CC[C@@]2(C)C(=C[C@H](O[Si](C)(C)C(C)(C)C)C3C2CC[C@@]2(C)C3CC[C@]2(O)O[Si](C)(C)C)C1. The molecule has 4 aliphatic carbocycles. The number of rotatable bonds is 6. The molecular formula is C34H66O4Si3. The molecule has 3 fully saturated rings. The Bertz CT molecular complexity index is 1020. The molecule has 0 spiro atoms. The van der Waals surface area contributed by atoms with Gasteiger partial charge in [-0.05, 0) is 118 Å².